The van der Waals surface area contributed by atoms with Gasteiger partial charge in [0.25, 0.3) is 11.4 Å². The minimum Gasteiger partial charge on any atom is -0.436 e. The zero-order chi connectivity index (χ0) is 25.5. The molecule has 38 heavy (non-hydrogen) atoms. The first-order valence-corrected chi connectivity index (χ1v) is 13.1. The molecule has 192 valence electrons. The van der Waals surface area contributed by atoms with Crippen LogP contribution in [0.1, 0.15) is 31.2 Å². The number of fused-ring (bicyclic) bond motifs is 3. The molecule has 1 saturated heterocycles. The first-order valence-electron chi connectivity index (χ1n) is 12.7. The van der Waals surface area contributed by atoms with Crippen LogP contribution in [-0.2, 0) is 11.3 Å². The highest BCUT2D eigenvalue weighted by atomic mass is 35.5. The minimum atomic E-state index is -0.381. The fourth-order valence-corrected chi connectivity index (χ4v) is 6.37. The summed E-state index contributed by atoms with van der Waals surface area (Å²) in [7, 11) is 0. The third-order valence-corrected chi connectivity index (χ3v) is 8.73. The second-order valence-corrected chi connectivity index (χ2v) is 11.4. The van der Waals surface area contributed by atoms with E-state index >= 15 is 0 Å². The summed E-state index contributed by atoms with van der Waals surface area (Å²) in [5.41, 5.74) is 2.39. The molecular weight excluding hydrogens is 506 g/mol. The molecule has 2 spiro atoms. The second-order valence-electron chi connectivity index (χ2n) is 11.0. The Kier molecular flexibility index (Phi) is 4.45. The van der Waals surface area contributed by atoms with Gasteiger partial charge in [-0.3, -0.25) is 9.36 Å². The standard InChI is InChI=1S/C28H24ClN5O4/c29-18-3-1-17(2-4-18)14-34-23(35)21(32-28-24(38-28)27(28)15-26(16-27)10-11-26)13-30-25(34)31-19-5-7-20(8-6-19)37-22-9-12-36-33-22/h1-9,12-13,24,32H,10-11,14-16H2,(H,30,31). The van der Waals surface area contributed by atoms with Gasteiger partial charge in [0, 0.05) is 16.8 Å². The topological polar surface area (TPSA) is 107 Å². The monoisotopic (exact) mass is 529 g/mol. The molecule has 8 rings (SSSR count). The third-order valence-electron chi connectivity index (χ3n) is 8.48. The van der Waals surface area contributed by atoms with Crippen molar-refractivity contribution in [2.24, 2.45) is 10.8 Å². The van der Waals surface area contributed by atoms with Crippen molar-refractivity contribution in [3.63, 3.8) is 0 Å². The van der Waals surface area contributed by atoms with E-state index in [4.69, 9.17) is 25.6 Å². The average Bonchev–Trinajstić information content (AvgIpc) is 3.84. The first kappa shape index (κ1) is 22.2. The summed E-state index contributed by atoms with van der Waals surface area (Å²) < 4.78 is 18.0. The second kappa shape index (κ2) is 7.61. The predicted molar refractivity (Wildman–Crippen MR) is 140 cm³/mol. The molecule has 2 aromatic heterocycles. The maximum Gasteiger partial charge on any atom is 0.278 e. The van der Waals surface area contributed by atoms with Gasteiger partial charge in [-0.2, -0.15) is 0 Å². The van der Waals surface area contributed by atoms with E-state index in [1.165, 1.54) is 31.9 Å². The number of epoxide rings is 1. The summed E-state index contributed by atoms with van der Waals surface area (Å²) in [6, 6.07) is 16.4. The predicted octanol–water partition coefficient (Wildman–Crippen LogP) is 5.55. The number of benzene rings is 2. The number of aromatic nitrogens is 3. The van der Waals surface area contributed by atoms with Crippen molar-refractivity contribution in [1.29, 1.82) is 0 Å². The van der Waals surface area contributed by atoms with Gasteiger partial charge in [0.1, 0.15) is 23.8 Å². The zero-order valence-electron chi connectivity index (χ0n) is 20.3. The van der Waals surface area contributed by atoms with Crippen LogP contribution in [0.25, 0.3) is 0 Å². The lowest BCUT2D eigenvalue weighted by atomic mass is 9.66. The van der Waals surface area contributed by atoms with Crippen molar-refractivity contribution < 1.29 is 14.0 Å². The summed E-state index contributed by atoms with van der Waals surface area (Å²) in [5.74, 6) is 1.41. The van der Waals surface area contributed by atoms with Crippen molar-refractivity contribution >= 4 is 28.9 Å². The number of ether oxygens (including phenoxy) is 2. The molecular formula is C28H24ClN5O4. The highest BCUT2D eigenvalue weighted by Gasteiger charge is 2.98. The molecule has 3 aliphatic carbocycles. The van der Waals surface area contributed by atoms with Crippen molar-refractivity contribution in [2.75, 3.05) is 10.6 Å². The van der Waals surface area contributed by atoms with Gasteiger partial charge in [0.2, 0.25) is 5.95 Å². The molecule has 9 nitrogen and oxygen atoms in total. The Balaban J connectivity index is 1.07. The van der Waals surface area contributed by atoms with Gasteiger partial charge in [-0.1, -0.05) is 23.7 Å². The quantitative estimate of drug-likeness (QED) is 0.286. The van der Waals surface area contributed by atoms with E-state index < -0.39 is 0 Å². The Morgan fingerprint density at radius 3 is 2.55 bits per heavy atom. The Labute approximate surface area is 222 Å². The maximum atomic E-state index is 13.8. The lowest BCUT2D eigenvalue weighted by molar-refractivity contribution is -0.0342. The Bertz CT molecular complexity index is 1590. The van der Waals surface area contributed by atoms with Crippen LogP contribution >= 0.6 is 11.6 Å². The molecule has 4 aliphatic rings. The Morgan fingerprint density at radius 2 is 1.87 bits per heavy atom. The van der Waals surface area contributed by atoms with Crippen LogP contribution in [0, 0.1) is 10.8 Å². The summed E-state index contributed by atoms with van der Waals surface area (Å²) in [6.07, 6.45) is 8.36. The smallest absolute Gasteiger partial charge is 0.278 e. The Morgan fingerprint density at radius 1 is 1.08 bits per heavy atom. The molecule has 1 aliphatic heterocycles. The fraction of sp³-hybridized carbons (Fsp3) is 0.321. The largest absolute Gasteiger partial charge is 0.436 e. The maximum absolute atomic E-state index is 13.8. The molecule has 0 amide bonds. The van der Waals surface area contributed by atoms with Crippen LogP contribution < -0.4 is 20.9 Å². The number of nitrogens with one attached hydrogen (secondary N) is 2. The van der Waals surface area contributed by atoms with Gasteiger partial charge in [0.05, 0.1) is 18.2 Å². The van der Waals surface area contributed by atoms with E-state index in [0.29, 0.717) is 40.2 Å². The van der Waals surface area contributed by atoms with E-state index in [0.717, 1.165) is 11.3 Å². The SMILES string of the molecule is O=c1c(NC23OC2C32CC3(CC3)C2)cnc(Nc2ccc(Oc3ccon3)cc2)n1Cc1ccc(Cl)cc1. The van der Waals surface area contributed by atoms with Gasteiger partial charge in [-0.15, -0.1) is 0 Å². The molecule has 2 atom stereocenters. The Hall–Kier alpha value is -3.82. The van der Waals surface area contributed by atoms with E-state index in [1.807, 2.05) is 36.4 Å². The van der Waals surface area contributed by atoms with Gasteiger partial charge in [-0.25, -0.2) is 4.98 Å². The summed E-state index contributed by atoms with van der Waals surface area (Å²) in [4.78, 5) is 18.4. The van der Waals surface area contributed by atoms with Crippen molar-refractivity contribution in [3.05, 3.63) is 88.0 Å². The highest BCUT2D eigenvalue weighted by molar-refractivity contribution is 6.30. The lowest BCUT2D eigenvalue weighted by Crippen LogP contribution is -2.42. The number of rotatable bonds is 8. The molecule has 3 heterocycles. The highest BCUT2D eigenvalue weighted by Crippen LogP contribution is 2.89. The number of anilines is 3. The van der Waals surface area contributed by atoms with Crippen LogP contribution in [0.3, 0.4) is 0 Å². The van der Waals surface area contributed by atoms with Crippen molar-refractivity contribution in [1.82, 2.24) is 14.7 Å². The molecule has 4 aromatic rings. The van der Waals surface area contributed by atoms with E-state index in [1.54, 1.807) is 29.0 Å². The number of hydrogen-bond acceptors (Lipinski definition) is 8. The average molecular weight is 530 g/mol. The van der Waals surface area contributed by atoms with E-state index in [2.05, 4.69) is 20.8 Å². The van der Waals surface area contributed by atoms with Crippen LogP contribution in [0.4, 0.5) is 17.3 Å². The van der Waals surface area contributed by atoms with Crippen LogP contribution in [0.5, 0.6) is 11.6 Å². The van der Waals surface area contributed by atoms with Crippen LogP contribution in [-0.4, -0.2) is 26.5 Å². The van der Waals surface area contributed by atoms with Crippen molar-refractivity contribution in [2.45, 2.75) is 44.1 Å². The van der Waals surface area contributed by atoms with Crippen LogP contribution in [0.15, 0.2) is 76.4 Å². The third kappa shape index (κ3) is 3.38. The van der Waals surface area contributed by atoms with Gasteiger partial charge < -0.3 is 24.6 Å². The number of halogens is 1. The van der Waals surface area contributed by atoms with Crippen molar-refractivity contribution in [3.8, 4) is 11.6 Å². The lowest BCUT2D eigenvalue weighted by Gasteiger charge is -2.42. The molecule has 3 saturated carbocycles. The molecule has 2 N–H and O–H groups in total. The molecule has 10 heteroatoms. The van der Waals surface area contributed by atoms with Gasteiger partial charge in [-0.05, 0) is 78.2 Å². The minimum absolute atomic E-state index is 0.158. The molecule has 0 bridgehead atoms. The number of nitrogens with zero attached hydrogens (tertiary/aromatic N) is 3. The van der Waals surface area contributed by atoms with Gasteiger partial charge >= 0.3 is 0 Å². The first-order chi connectivity index (χ1) is 18.5. The zero-order valence-corrected chi connectivity index (χ0v) is 21.1. The number of hydrogen-bond donors (Lipinski definition) is 2. The molecule has 0 radical (unpaired) electrons. The molecule has 4 fully saturated rings. The summed E-state index contributed by atoms with van der Waals surface area (Å²) >= 11 is 6.09. The molecule has 2 aromatic carbocycles. The van der Waals surface area contributed by atoms with Gasteiger partial charge in [0.15, 0.2) is 5.72 Å². The molecule has 2 unspecified atom stereocenters. The summed E-state index contributed by atoms with van der Waals surface area (Å²) in [6.45, 7) is 0.333. The van der Waals surface area contributed by atoms with E-state index in [-0.39, 0.29) is 22.8 Å². The normalized spacial score (nSPS) is 24.4. The fourth-order valence-electron chi connectivity index (χ4n) is 6.24. The van der Waals surface area contributed by atoms with E-state index in [9.17, 15) is 4.79 Å². The van der Waals surface area contributed by atoms with Crippen LogP contribution in [0.2, 0.25) is 5.02 Å². The summed E-state index contributed by atoms with van der Waals surface area (Å²) in [5, 5.41) is 11.1.